The number of amides is 1. The summed E-state index contributed by atoms with van der Waals surface area (Å²) in [6.07, 6.45) is 0.623. The zero-order chi connectivity index (χ0) is 17.3. The van der Waals surface area contributed by atoms with E-state index >= 15 is 0 Å². The van der Waals surface area contributed by atoms with Gasteiger partial charge in [-0.25, -0.2) is 4.39 Å². The largest absolute Gasteiger partial charge is 0.344 e. The Labute approximate surface area is 139 Å². The van der Waals surface area contributed by atoms with Crippen molar-refractivity contribution in [3.63, 3.8) is 0 Å². The molecule has 1 saturated heterocycles. The fourth-order valence-corrected chi connectivity index (χ4v) is 2.80. The van der Waals surface area contributed by atoms with Gasteiger partial charge in [-0.3, -0.25) is 9.69 Å². The molecule has 0 aliphatic carbocycles. The van der Waals surface area contributed by atoms with Gasteiger partial charge in [-0.05, 0) is 30.8 Å². The highest BCUT2D eigenvalue weighted by Crippen LogP contribution is 2.26. The lowest BCUT2D eigenvalue weighted by atomic mass is 10.2. The van der Waals surface area contributed by atoms with E-state index in [1.54, 1.807) is 23.1 Å². The maximum atomic E-state index is 13.9. The lowest BCUT2D eigenvalue weighted by molar-refractivity contribution is -0.121. The third kappa shape index (κ3) is 3.09. The molecule has 0 bridgehead atoms. The molecule has 1 amide bonds. The molecule has 0 saturated carbocycles. The van der Waals surface area contributed by atoms with Crippen molar-refractivity contribution in [2.45, 2.75) is 19.0 Å². The van der Waals surface area contributed by atoms with Crippen LogP contribution in [0.15, 0.2) is 28.8 Å². The molecule has 0 N–H and O–H groups in total. The van der Waals surface area contributed by atoms with Gasteiger partial charge in [0.15, 0.2) is 0 Å². The van der Waals surface area contributed by atoms with Crippen molar-refractivity contribution in [3.05, 3.63) is 36.0 Å². The van der Waals surface area contributed by atoms with Gasteiger partial charge in [0.1, 0.15) is 5.82 Å². The average Bonchev–Trinajstić information content (AvgIpc) is 3.15. The SMILES string of the molecule is CN(C)c1noc(CN(C)C2CCN(c3ccccc3F)C2=O)n1. The smallest absolute Gasteiger partial charge is 0.265 e. The highest BCUT2D eigenvalue weighted by Gasteiger charge is 2.36. The Kier molecular flexibility index (Phi) is 4.48. The zero-order valence-electron chi connectivity index (χ0n) is 13.9. The first kappa shape index (κ1) is 16.4. The number of aromatic nitrogens is 2. The van der Waals surface area contributed by atoms with Crippen molar-refractivity contribution < 1.29 is 13.7 Å². The van der Waals surface area contributed by atoms with Crippen molar-refractivity contribution in [2.24, 2.45) is 0 Å². The van der Waals surface area contributed by atoms with Crippen molar-refractivity contribution in [2.75, 3.05) is 37.5 Å². The van der Waals surface area contributed by atoms with Crippen LogP contribution in [0.25, 0.3) is 0 Å². The number of carbonyl (C=O) groups excluding carboxylic acids is 1. The number of para-hydroxylation sites is 1. The Balaban J connectivity index is 1.69. The molecule has 7 nitrogen and oxygen atoms in total. The summed E-state index contributed by atoms with van der Waals surface area (Å²) in [5.41, 5.74) is 0.325. The second kappa shape index (κ2) is 6.56. The summed E-state index contributed by atoms with van der Waals surface area (Å²) in [5, 5.41) is 3.86. The molecule has 1 aliphatic rings. The molecular weight excluding hydrogens is 313 g/mol. The van der Waals surface area contributed by atoms with Crippen molar-refractivity contribution in [1.82, 2.24) is 15.0 Å². The summed E-state index contributed by atoms with van der Waals surface area (Å²) in [6, 6.07) is 5.99. The Morgan fingerprint density at radius 2 is 2.08 bits per heavy atom. The normalized spacial score (nSPS) is 17.8. The van der Waals surface area contributed by atoms with E-state index in [0.717, 1.165) is 0 Å². The maximum Gasteiger partial charge on any atom is 0.265 e. The van der Waals surface area contributed by atoms with Crippen LogP contribution in [0.3, 0.4) is 0 Å². The quantitative estimate of drug-likeness (QED) is 0.826. The number of carbonyl (C=O) groups is 1. The first-order valence-electron chi connectivity index (χ1n) is 7.73. The number of rotatable bonds is 5. The molecule has 128 valence electrons. The molecule has 0 radical (unpaired) electrons. The first-order valence-corrected chi connectivity index (χ1v) is 7.73. The van der Waals surface area contributed by atoms with Gasteiger partial charge in [0.25, 0.3) is 5.95 Å². The van der Waals surface area contributed by atoms with Gasteiger partial charge < -0.3 is 14.3 Å². The van der Waals surface area contributed by atoms with E-state index in [0.29, 0.717) is 37.0 Å². The summed E-state index contributed by atoms with van der Waals surface area (Å²) in [4.78, 5) is 22.0. The third-order valence-corrected chi connectivity index (χ3v) is 4.09. The van der Waals surface area contributed by atoms with Crippen LogP contribution in [0.4, 0.5) is 16.0 Å². The summed E-state index contributed by atoms with van der Waals surface area (Å²) in [5.74, 6) is 0.430. The summed E-state index contributed by atoms with van der Waals surface area (Å²) in [6.45, 7) is 0.851. The topological polar surface area (TPSA) is 65.7 Å². The van der Waals surface area contributed by atoms with Crippen LogP contribution in [-0.4, -0.2) is 54.7 Å². The van der Waals surface area contributed by atoms with Gasteiger partial charge in [0.05, 0.1) is 18.3 Å². The van der Waals surface area contributed by atoms with E-state index in [4.69, 9.17) is 4.52 Å². The second-order valence-corrected chi connectivity index (χ2v) is 6.04. The lowest BCUT2D eigenvalue weighted by Crippen LogP contribution is -2.39. The molecule has 2 aromatic rings. The van der Waals surface area contributed by atoms with Crippen LogP contribution in [0.1, 0.15) is 12.3 Å². The molecular formula is C16H20FN5O2. The molecule has 1 aromatic heterocycles. The van der Waals surface area contributed by atoms with Crippen LogP contribution in [0.5, 0.6) is 0 Å². The Hall–Kier alpha value is -2.48. The summed E-state index contributed by atoms with van der Waals surface area (Å²) < 4.78 is 19.1. The molecule has 2 heterocycles. The van der Waals surface area contributed by atoms with E-state index in [-0.39, 0.29) is 17.8 Å². The number of nitrogens with zero attached hydrogens (tertiary/aromatic N) is 5. The van der Waals surface area contributed by atoms with Crippen LogP contribution < -0.4 is 9.80 Å². The van der Waals surface area contributed by atoms with Crippen LogP contribution in [0.2, 0.25) is 0 Å². The number of halogens is 1. The standard InChI is InChI=1S/C16H20FN5O2/c1-20(2)16-18-14(24-19-16)10-21(3)13-8-9-22(15(13)23)12-7-5-4-6-11(12)17/h4-7,13H,8-10H2,1-3H3. The molecule has 1 aromatic carbocycles. The van der Waals surface area contributed by atoms with E-state index in [1.165, 1.54) is 11.0 Å². The number of anilines is 2. The van der Waals surface area contributed by atoms with Crippen LogP contribution in [0, 0.1) is 5.82 Å². The molecule has 0 spiro atoms. The summed E-state index contributed by atoms with van der Waals surface area (Å²) in [7, 11) is 5.48. The maximum absolute atomic E-state index is 13.9. The zero-order valence-corrected chi connectivity index (χ0v) is 13.9. The average molecular weight is 333 g/mol. The molecule has 3 rings (SSSR count). The molecule has 8 heteroatoms. The molecule has 1 aliphatic heterocycles. The first-order chi connectivity index (χ1) is 11.5. The lowest BCUT2D eigenvalue weighted by Gasteiger charge is -2.22. The van der Waals surface area contributed by atoms with Gasteiger partial charge >= 0.3 is 0 Å². The van der Waals surface area contributed by atoms with E-state index in [9.17, 15) is 9.18 Å². The van der Waals surface area contributed by atoms with Gasteiger partial charge in [-0.15, -0.1) is 0 Å². The Morgan fingerprint density at radius 3 is 2.75 bits per heavy atom. The van der Waals surface area contributed by atoms with Crippen molar-refractivity contribution in [1.29, 1.82) is 0 Å². The number of hydrogen-bond acceptors (Lipinski definition) is 6. The fraction of sp³-hybridized carbons (Fsp3) is 0.438. The monoisotopic (exact) mass is 333 g/mol. The van der Waals surface area contributed by atoms with Gasteiger partial charge in [0, 0.05) is 20.6 Å². The molecule has 1 atom stereocenters. The van der Waals surface area contributed by atoms with E-state index in [2.05, 4.69) is 10.1 Å². The highest BCUT2D eigenvalue weighted by molar-refractivity contribution is 5.99. The van der Waals surface area contributed by atoms with Crippen LogP contribution in [-0.2, 0) is 11.3 Å². The van der Waals surface area contributed by atoms with Crippen LogP contribution >= 0.6 is 0 Å². The van der Waals surface area contributed by atoms with Gasteiger partial charge in [-0.2, -0.15) is 4.98 Å². The minimum atomic E-state index is -0.387. The van der Waals surface area contributed by atoms with Gasteiger partial charge in [0.2, 0.25) is 11.8 Å². The van der Waals surface area contributed by atoms with Crippen molar-refractivity contribution in [3.8, 4) is 0 Å². The molecule has 24 heavy (non-hydrogen) atoms. The third-order valence-electron chi connectivity index (χ3n) is 4.09. The van der Waals surface area contributed by atoms with E-state index in [1.807, 2.05) is 26.0 Å². The predicted molar refractivity (Wildman–Crippen MR) is 87.3 cm³/mol. The predicted octanol–water partition coefficient (Wildman–Crippen LogP) is 1.51. The van der Waals surface area contributed by atoms with Gasteiger partial charge in [-0.1, -0.05) is 12.1 Å². The summed E-state index contributed by atoms with van der Waals surface area (Å²) >= 11 is 0. The number of likely N-dealkylation sites (N-methyl/N-ethyl adjacent to an activating group) is 1. The number of benzene rings is 1. The Morgan fingerprint density at radius 1 is 1.33 bits per heavy atom. The van der Waals surface area contributed by atoms with Crippen molar-refractivity contribution >= 4 is 17.5 Å². The number of hydrogen-bond donors (Lipinski definition) is 0. The highest BCUT2D eigenvalue weighted by atomic mass is 19.1. The second-order valence-electron chi connectivity index (χ2n) is 6.04. The minimum absolute atomic E-state index is 0.116. The fourth-order valence-electron chi connectivity index (χ4n) is 2.80. The Bertz CT molecular complexity index is 733. The molecule has 1 unspecified atom stereocenters. The minimum Gasteiger partial charge on any atom is -0.344 e. The van der Waals surface area contributed by atoms with E-state index < -0.39 is 0 Å². The molecule has 1 fully saturated rings.